The van der Waals surface area contributed by atoms with Crippen molar-refractivity contribution in [3.05, 3.63) is 11.9 Å². The number of ether oxygens (including phenoxy) is 1. The number of hydrogen-bond donors (Lipinski definition) is 1. The summed E-state index contributed by atoms with van der Waals surface area (Å²) in [5.41, 5.74) is 1.12. The molecular weight excluding hydrogens is 228 g/mol. The van der Waals surface area contributed by atoms with Crippen LogP contribution in [0.25, 0.3) is 0 Å². The molecule has 0 aliphatic carbocycles. The van der Waals surface area contributed by atoms with Crippen LogP contribution in [-0.4, -0.2) is 42.3 Å². The van der Waals surface area contributed by atoms with E-state index in [4.69, 9.17) is 4.74 Å². The maximum Gasteiger partial charge on any atom is 0.137 e. The van der Waals surface area contributed by atoms with Crippen molar-refractivity contribution in [2.24, 2.45) is 0 Å². The maximum absolute atomic E-state index is 5.54. The van der Waals surface area contributed by atoms with Crippen LogP contribution in [0.2, 0.25) is 0 Å². The van der Waals surface area contributed by atoms with E-state index in [-0.39, 0.29) is 0 Å². The van der Waals surface area contributed by atoms with E-state index in [9.17, 15) is 0 Å². The van der Waals surface area contributed by atoms with Crippen molar-refractivity contribution >= 4 is 11.6 Å². The summed E-state index contributed by atoms with van der Waals surface area (Å²) in [5, 5.41) is 3.28. The molecule has 0 bridgehead atoms. The number of aromatic nitrogens is 2. The van der Waals surface area contributed by atoms with Gasteiger partial charge in [0.2, 0.25) is 0 Å². The highest BCUT2D eigenvalue weighted by molar-refractivity contribution is 5.58. The summed E-state index contributed by atoms with van der Waals surface area (Å²) in [5.74, 6) is 1.97. The molecule has 1 aromatic heterocycles. The third-order valence-corrected chi connectivity index (χ3v) is 3.37. The zero-order valence-corrected chi connectivity index (χ0v) is 11.4. The minimum Gasteiger partial charge on any atom is -0.377 e. The Morgan fingerprint density at radius 3 is 3.00 bits per heavy atom. The normalized spacial score (nSPS) is 19.9. The lowest BCUT2D eigenvalue weighted by Crippen LogP contribution is -2.46. The highest BCUT2D eigenvalue weighted by atomic mass is 16.5. The maximum atomic E-state index is 5.54. The largest absolute Gasteiger partial charge is 0.377 e. The highest BCUT2D eigenvalue weighted by Gasteiger charge is 2.24. The second kappa shape index (κ2) is 6.00. The summed E-state index contributed by atoms with van der Waals surface area (Å²) in [6, 6.07) is 0.418. The molecule has 18 heavy (non-hydrogen) atoms. The van der Waals surface area contributed by atoms with Gasteiger partial charge in [-0.05, 0) is 20.3 Å². The fraction of sp³-hybridized carbons (Fsp3) is 0.692. The number of rotatable bonds is 4. The van der Waals surface area contributed by atoms with Crippen LogP contribution in [0.15, 0.2) is 6.33 Å². The van der Waals surface area contributed by atoms with Gasteiger partial charge in [0.25, 0.3) is 0 Å². The van der Waals surface area contributed by atoms with E-state index in [0.29, 0.717) is 6.04 Å². The molecule has 1 aromatic rings. The van der Waals surface area contributed by atoms with E-state index in [0.717, 1.165) is 49.9 Å². The average molecular weight is 250 g/mol. The molecule has 0 aromatic carbocycles. The lowest BCUT2D eigenvalue weighted by Gasteiger charge is -2.36. The molecule has 2 heterocycles. The van der Waals surface area contributed by atoms with Gasteiger partial charge in [0, 0.05) is 18.7 Å². The number of morpholine rings is 1. The van der Waals surface area contributed by atoms with Crippen LogP contribution >= 0.6 is 0 Å². The van der Waals surface area contributed by atoms with E-state index >= 15 is 0 Å². The van der Waals surface area contributed by atoms with Crippen molar-refractivity contribution in [2.45, 2.75) is 33.2 Å². The van der Waals surface area contributed by atoms with E-state index in [1.54, 1.807) is 6.33 Å². The molecule has 1 aliphatic heterocycles. The number of nitrogens with one attached hydrogen (secondary N) is 1. The smallest absolute Gasteiger partial charge is 0.137 e. The molecule has 1 atom stereocenters. The Labute approximate surface area is 109 Å². The van der Waals surface area contributed by atoms with Crippen molar-refractivity contribution < 1.29 is 4.74 Å². The zero-order valence-electron chi connectivity index (χ0n) is 11.4. The van der Waals surface area contributed by atoms with Gasteiger partial charge in [0.15, 0.2) is 0 Å². The van der Waals surface area contributed by atoms with Gasteiger partial charge in [0.05, 0.1) is 19.3 Å². The second-order valence-electron chi connectivity index (χ2n) is 4.53. The Balaban J connectivity index is 2.28. The van der Waals surface area contributed by atoms with Gasteiger partial charge in [-0.25, -0.2) is 9.97 Å². The predicted molar refractivity (Wildman–Crippen MR) is 73.2 cm³/mol. The molecule has 2 rings (SSSR count). The van der Waals surface area contributed by atoms with E-state index < -0.39 is 0 Å². The predicted octanol–water partition coefficient (Wildman–Crippen LogP) is 1.83. The van der Waals surface area contributed by atoms with Gasteiger partial charge < -0.3 is 15.0 Å². The number of anilines is 2. The highest BCUT2D eigenvalue weighted by Crippen LogP contribution is 2.26. The zero-order chi connectivity index (χ0) is 13.0. The SMILES string of the molecule is CCNc1ncnc(N2CCOCC2CC)c1C. The van der Waals surface area contributed by atoms with Gasteiger partial charge in [0.1, 0.15) is 18.0 Å². The van der Waals surface area contributed by atoms with Gasteiger partial charge in [-0.15, -0.1) is 0 Å². The minimum absolute atomic E-state index is 0.418. The van der Waals surface area contributed by atoms with Gasteiger partial charge in [-0.2, -0.15) is 0 Å². The molecule has 0 spiro atoms. The lowest BCUT2D eigenvalue weighted by atomic mass is 10.1. The van der Waals surface area contributed by atoms with Crippen LogP contribution in [0, 0.1) is 6.92 Å². The fourth-order valence-electron chi connectivity index (χ4n) is 2.35. The number of nitrogens with zero attached hydrogens (tertiary/aromatic N) is 3. The van der Waals surface area contributed by atoms with E-state index in [1.807, 2.05) is 0 Å². The van der Waals surface area contributed by atoms with Crippen molar-refractivity contribution in [1.29, 1.82) is 0 Å². The van der Waals surface area contributed by atoms with Crippen molar-refractivity contribution in [2.75, 3.05) is 36.5 Å². The summed E-state index contributed by atoms with van der Waals surface area (Å²) in [6.07, 6.45) is 2.71. The first-order chi connectivity index (χ1) is 8.77. The molecule has 0 radical (unpaired) electrons. The first kappa shape index (κ1) is 13.1. The molecule has 1 fully saturated rings. The van der Waals surface area contributed by atoms with Crippen molar-refractivity contribution in [3.8, 4) is 0 Å². The Kier molecular flexibility index (Phi) is 4.36. The van der Waals surface area contributed by atoms with E-state index in [1.165, 1.54) is 0 Å². The second-order valence-corrected chi connectivity index (χ2v) is 4.53. The molecule has 1 aliphatic rings. The van der Waals surface area contributed by atoms with Gasteiger partial charge in [-0.3, -0.25) is 0 Å². The Hall–Kier alpha value is -1.36. The molecule has 5 nitrogen and oxygen atoms in total. The Bertz CT molecular complexity index is 397. The topological polar surface area (TPSA) is 50.3 Å². The summed E-state index contributed by atoms with van der Waals surface area (Å²) in [6.45, 7) is 9.68. The standard InChI is InChI=1S/C13H22N4O/c1-4-11-8-18-7-6-17(11)13-10(3)12(14-5-2)15-9-16-13/h9,11H,4-8H2,1-3H3,(H,14,15,16). The molecule has 1 saturated heterocycles. The van der Waals surface area contributed by atoms with Crippen molar-refractivity contribution in [3.63, 3.8) is 0 Å². The molecule has 1 N–H and O–H groups in total. The minimum atomic E-state index is 0.418. The lowest BCUT2D eigenvalue weighted by molar-refractivity contribution is 0.0925. The first-order valence-corrected chi connectivity index (χ1v) is 6.67. The van der Waals surface area contributed by atoms with Crippen molar-refractivity contribution in [1.82, 2.24) is 9.97 Å². The Morgan fingerprint density at radius 2 is 2.28 bits per heavy atom. The molecule has 5 heteroatoms. The van der Waals surface area contributed by atoms with Gasteiger partial charge >= 0.3 is 0 Å². The van der Waals surface area contributed by atoms with Crippen LogP contribution in [0.4, 0.5) is 11.6 Å². The quantitative estimate of drug-likeness (QED) is 0.883. The summed E-state index contributed by atoms with van der Waals surface area (Å²) >= 11 is 0. The molecule has 100 valence electrons. The van der Waals surface area contributed by atoms with Crippen LogP contribution in [0.3, 0.4) is 0 Å². The molecule has 0 amide bonds. The van der Waals surface area contributed by atoms with Crippen LogP contribution in [0.1, 0.15) is 25.8 Å². The van der Waals surface area contributed by atoms with Crippen LogP contribution < -0.4 is 10.2 Å². The first-order valence-electron chi connectivity index (χ1n) is 6.67. The van der Waals surface area contributed by atoms with Crippen LogP contribution in [-0.2, 0) is 4.74 Å². The van der Waals surface area contributed by atoms with E-state index in [2.05, 4.69) is 41.0 Å². The summed E-state index contributed by atoms with van der Waals surface area (Å²) in [7, 11) is 0. The number of hydrogen-bond acceptors (Lipinski definition) is 5. The molecule has 0 saturated carbocycles. The summed E-state index contributed by atoms with van der Waals surface area (Å²) in [4.78, 5) is 11.1. The monoisotopic (exact) mass is 250 g/mol. The molecular formula is C13H22N4O. The molecule has 1 unspecified atom stereocenters. The van der Waals surface area contributed by atoms with Gasteiger partial charge in [-0.1, -0.05) is 6.92 Å². The third kappa shape index (κ3) is 2.56. The van der Waals surface area contributed by atoms with Crippen LogP contribution in [0.5, 0.6) is 0 Å². The fourth-order valence-corrected chi connectivity index (χ4v) is 2.35. The summed E-state index contributed by atoms with van der Waals surface area (Å²) < 4.78 is 5.54. The third-order valence-electron chi connectivity index (χ3n) is 3.37. The Morgan fingerprint density at radius 1 is 1.44 bits per heavy atom. The average Bonchev–Trinajstić information content (AvgIpc) is 2.41.